The predicted molar refractivity (Wildman–Crippen MR) is 80.4 cm³/mol. The Bertz CT molecular complexity index is 528. The lowest BCUT2D eigenvalue weighted by atomic mass is 10.1. The Morgan fingerprint density at radius 2 is 2.19 bits per heavy atom. The lowest BCUT2D eigenvalue weighted by Gasteiger charge is -2.19. The first-order valence-corrected chi connectivity index (χ1v) is 7.63. The minimum Gasteiger partial charge on any atom is -0.494 e. The van der Waals surface area contributed by atoms with Crippen LogP contribution in [0.25, 0.3) is 0 Å². The number of carbonyl (C=O) groups is 1. The van der Waals surface area contributed by atoms with E-state index in [0.29, 0.717) is 29.5 Å². The van der Waals surface area contributed by atoms with Crippen molar-refractivity contribution in [2.24, 2.45) is 5.92 Å². The van der Waals surface area contributed by atoms with E-state index in [0.717, 1.165) is 13.0 Å². The number of hydrogen-bond acceptors (Lipinski definition) is 4. The highest BCUT2D eigenvalue weighted by atomic mass is 16.5. The van der Waals surface area contributed by atoms with E-state index in [4.69, 9.17) is 15.2 Å². The molecule has 1 aromatic carbocycles. The van der Waals surface area contributed by atoms with Crippen molar-refractivity contribution in [2.75, 3.05) is 18.9 Å². The van der Waals surface area contributed by atoms with Crippen molar-refractivity contribution >= 4 is 11.6 Å². The largest absolute Gasteiger partial charge is 0.494 e. The van der Waals surface area contributed by atoms with Crippen molar-refractivity contribution in [3.05, 3.63) is 23.8 Å². The molecule has 2 atom stereocenters. The Labute approximate surface area is 124 Å². The topological polar surface area (TPSA) is 73.6 Å². The standard InChI is InChI=1S/C16H22N2O3/c1-2-20-13-8-11(7-12(17)9-13)16(19)18-14-5-6-21-15(14)10-3-4-10/h7-10,14-15H,2-6,17H2,1H3,(H,18,19). The fraction of sp³-hybridized carbons (Fsp3) is 0.562. The minimum atomic E-state index is -0.107. The molecule has 1 heterocycles. The number of nitrogen functional groups attached to an aromatic ring is 1. The molecule has 0 aromatic heterocycles. The maximum absolute atomic E-state index is 12.4. The number of nitrogens with two attached hydrogens (primary N) is 1. The molecule has 1 aliphatic carbocycles. The van der Waals surface area contributed by atoms with Crippen molar-refractivity contribution < 1.29 is 14.3 Å². The molecule has 5 heteroatoms. The molecule has 21 heavy (non-hydrogen) atoms. The van der Waals surface area contributed by atoms with Gasteiger partial charge in [-0.2, -0.15) is 0 Å². The zero-order chi connectivity index (χ0) is 14.8. The second-order valence-electron chi connectivity index (χ2n) is 5.77. The molecule has 0 spiro atoms. The van der Waals surface area contributed by atoms with Gasteiger partial charge in [0.1, 0.15) is 5.75 Å². The third kappa shape index (κ3) is 3.29. The summed E-state index contributed by atoms with van der Waals surface area (Å²) in [5.41, 5.74) is 6.91. The number of carbonyl (C=O) groups excluding carboxylic acids is 1. The summed E-state index contributed by atoms with van der Waals surface area (Å²) in [7, 11) is 0. The van der Waals surface area contributed by atoms with Crippen LogP contribution in [0.1, 0.15) is 36.5 Å². The monoisotopic (exact) mass is 290 g/mol. The summed E-state index contributed by atoms with van der Waals surface area (Å²) >= 11 is 0. The van der Waals surface area contributed by atoms with E-state index >= 15 is 0 Å². The van der Waals surface area contributed by atoms with Crippen molar-refractivity contribution in [3.63, 3.8) is 0 Å². The molecule has 1 saturated carbocycles. The molecule has 0 radical (unpaired) electrons. The molecule has 1 amide bonds. The number of hydrogen-bond donors (Lipinski definition) is 2. The van der Waals surface area contributed by atoms with Gasteiger partial charge >= 0.3 is 0 Å². The Morgan fingerprint density at radius 3 is 2.90 bits per heavy atom. The zero-order valence-electron chi connectivity index (χ0n) is 12.3. The maximum atomic E-state index is 12.4. The molecule has 3 N–H and O–H groups in total. The molecule has 5 nitrogen and oxygen atoms in total. The average molecular weight is 290 g/mol. The van der Waals surface area contributed by atoms with E-state index in [1.807, 2.05) is 6.92 Å². The number of benzene rings is 1. The smallest absolute Gasteiger partial charge is 0.251 e. The van der Waals surface area contributed by atoms with Gasteiger partial charge in [-0.1, -0.05) is 0 Å². The van der Waals surface area contributed by atoms with Crippen molar-refractivity contribution in [1.29, 1.82) is 0 Å². The molecular formula is C16H22N2O3. The van der Waals surface area contributed by atoms with E-state index in [1.54, 1.807) is 18.2 Å². The highest BCUT2D eigenvalue weighted by Crippen LogP contribution is 2.38. The van der Waals surface area contributed by atoms with Crippen LogP contribution in [0, 0.1) is 5.92 Å². The molecular weight excluding hydrogens is 268 g/mol. The fourth-order valence-corrected chi connectivity index (χ4v) is 2.91. The Kier molecular flexibility index (Phi) is 4.01. The van der Waals surface area contributed by atoms with Crippen LogP contribution in [0.2, 0.25) is 0 Å². The number of nitrogens with one attached hydrogen (secondary N) is 1. The summed E-state index contributed by atoms with van der Waals surface area (Å²) in [6, 6.07) is 5.25. The van der Waals surface area contributed by atoms with Crippen LogP contribution in [-0.2, 0) is 4.74 Å². The van der Waals surface area contributed by atoms with Gasteiger partial charge in [-0.3, -0.25) is 4.79 Å². The third-order valence-corrected chi connectivity index (χ3v) is 4.04. The van der Waals surface area contributed by atoms with Crippen molar-refractivity contribution in [3.8, 4) is 5.75 Å². The summed E-state index contributed by atoms with van der Waals surface area (Å²) in [4.78, 5) is 12.4. The van der Waals surface area contributed by atoms with Crippen LogP contribution in [0.15, 0.2) is 18.2 Å². The molecule has 1 aliphatic heterocycles. The van der Waals surface area contributed by atoms with Gasteiger partial charge in [0, 0.05) is 23.9 Å². The zero-order valence-corrected chi connectivity index (χ0v) is 12.3. The summed E-state index contributed by atoms with van der Waals surface area (Å²) in [6.07, 6.45) is 3.49. The molecule has 3 rings (SSSR count). The lowest BCUT2D eigenvalue weighted by Crippen LogP contribution is -2.41. The van der Waals surface area contributed by atoms with Gasteiger partial charge in [-0.15, -0.1) is 0 Å². The summed E-state index contributed by atoms with van der Waals surface area (Å²) in [5.74, 6) is 1.14. The molecule has 2 aliphatic rings. The first kappa shape index (κ1) is 14.2. The number of rotatable bonds is 5. The van der Waals surface area contributed by atoms with Gasteiger partial charge in [0.2, 0.25) is 0 Å². The summed E-state index contributed by atoms with van der Waals surface area (Å²) in [6.45, 7) is 3.18. The van der Waals surface area contributed by atoms with Gasteiger partial charge in [0.05, 0.1) is 18.8 Å². The van der Waals surface area contributed by atoms with E-state index in [1.165, 1.54) is 12.8 Å². The highest BCUT2D eigenvalue weighted by Gasteiger charge is 2.41. The van der Waals surface area contributed by atoms with E-state index in [-0.39, 0.29) is 18.1 Å². The first-order valence-electron chi connectivity index (χ1n) is 7.63. The van der Waals surface area contributed by atoms with Gasteiger partial charge < -0.3 is 20.5 Å². The minimum absolute atomic E-state index is 0.107. The van der Waals surface area contributed by atoms with Crippen LogP contribution in [-0.4, -0.2) is 31.3 Å². The van der Waals surface area contributed by atoms with Crippen LogP contribution in [0.3, 0.4) is 0 Å². The Hall–Kier alpha value is -1.75. The molecule has 2 unspecified atom stereocenters. The van der Waals surface area contributed by atoms with E-state index in [2.05, 4.69) is 5.32 Å². The summed E-state index contributed by atoms with van der Waals surface area (Å²) in [5, 5.41) is 3.09. The highest BCUT2D eigenvalue weighted by molar-refractivity contribution is 5.95. The van der Waals surface area contributed by atoms with Gasteiger partial charge in [-0.05, 0) is 44.2 Å². The van der Waals surface area contributed by atoms with E-state index < -0.39 is 0 Å². The Morgan fingerprint density at radius 1 is 1.38 bits per heavy atom. The predicted octanol–water partition coefficient (Wildman–Crippen LogP) is 1.96. The quantitative estimate of drug-likeness (QED) is 0.813. The molecule has 114 valence electrons. The SMILES string of the molecule is CCOc1cc(N)cc(C(=O)NC2CCOC2C2CC2)c1. The van der Waals surface area contributed by atoms with Crippen LogP contribution in [0.4, 0.5) is 5.69 Å². The Balaban J connectivity index is 1.69. The second kappa shape index (κ2) is 5.93. The first-order chi connectivity index (χ1) is 10.2. The van der Waals surface area contributed by atoms with Gasteiger partial charge in [0.25, 0.3) is 5.91 Å². The third-order valence-electron chi connectivity index (χ3n) is 4.04. The molecule has 1 aromatic rings. The summed E-state index contributed by atoms with van der Waals surface area (Å²) < 4.78 is 11.2. The van der Waals surface area contributed by atoms with Gasteiger partial charge in [0.15, 0.2) is 0 Å². The maximum Gasteiger partial charge on any atom is 0.251 e. The molecule has 2 fully saturated rings. The fourth-order valence-electron chi connectivity index (χ4n) is 2.91. The number of anilines is 1. The molecule has 1 saturated heterocycles. The normalized spacial score (nSPS) is 24.8. The number of ether oxygens (including phenoxy) is 2. The van der Waals surface area contributed by atoms with E-state index in [9.17, 15) is 4.79 Å². The van der Waals surface area contributed by atoms with Crippen LogP contribution < -0.4 is 15.8 Å². The van der Waals surface area contributed by atoms with Crippen molar-refractivity contribution in [2.45, 2.75) is 38.3 Å². The average Bonchev–Trinajstić information content (AvgIpc) is 3.19. The van der Waals surface area contributed by atoms with Crippen LogP contribution in [0.5, 0.6) is 5.75 Å². The number of amides is 1. The van der Waals surface area contributed by atoms with Gasteiger partial charge in [-0.25, -0.2) is 0 Å². The lowest BCUT2D eigenvalue weighted by molar-refractivity contribution is 0.0729. The molecule has 0 bridgehead atoms. The van der Waals surface area contributed by atoms with Crippen LogP contribution >= 0.6 is 0 Å². The second-order valence-corrected chi connectivity index (χ2v) is 5.77. The van der Waals surface area contributed by atoms with Crippen molar-refractivity contribution in [1.82, 2.24) is 5.32 Å².